The Morgan fingerprint density at radius 1 is 1.12 bits per heavy atom. The molecule has 0 radical (unpaired) electrons. The molecular formula is C12H15ClF3N. The molecule has 1 aliphatic rings. The van der Waals surface area contributed by atoms with Crippen molar-refractivity contribution in [3.05, 3.63) is 35.1 Å². The summed E-state index contributed by atoms with van der Waals surface area (Å²) < 4.78 is 39.4. The quantitative estimate of drug-likeness (QED) is 0.769. The smallest absolute Gasteiger partial charge is 0.161 e. The van der Waals surface area contributed by atoms with Crippen LogP contribution in [0.5, 0.6) is 0 Å². The van der Waals surface area contributed by atoms with Crippen molar-refractivity contribution in [2.75, 3.05) is 13.1 Å². The first-order valence-electron chi connectivity index (χ1n) is 5.44. The summed E-state index contributed by atoms with van der Waals surface area (Å²) in [6.07, 6.45) is 0.753. The van der Waals surface area contributed by atoms with Gasteiger partial charge in [-0.1, -0.05) is 6.92 Å². The van der Waals surface area contributed by atoms with E-state index in [9.17, 15) is 13.2 Å². The highest BCUT2D eigenvalue weighted by molar-refractivity contribution is 5.85. The van der Waals surface area contributed by atoms with Crippen molar-refractivity contribution >= 4 is 12.4 Å². The van der Waals surface area contributed by atoms with Crippen molar-refractivity contribution in [1.82, 2.24) is 5.32 Å². The van der Waals surface area contributed by atoms with E-state index < -0.39 is 17.5 Å². The van der Waals surface area contributed by atoms with Gasteiger partial charge >= 0.3 is 0 Å². The topological polar surface area (TPSA) is 12.0 Å². The van der Waals surface area contributed by atoms with E-state index in [1.807, 2.05) is 6.92 Å². The summed E-state index contributed by atoms with van der Waals surface area (Å²) >= 11 is 0. The fourth-order valence-electron chi connectivity index (χ4n) is 2.30. The van der Waals surface area contributed by atoms with Crippen LogP contribution in [0.3, 0.4) is 0 Å². The SMILES string of the molecule is C[C@@H]1CNCC[C@@H]1c1cc(F)c(F)cc1F.Cl. The Bertz CT molecular complexity index is 398. The number of hydrogen-bond acceptors (Lipinski definition) is 1. The zero-order chi connectivity index (χ0) is 11.7. The lowest BCUT2D eigenvalue weighted by Gasteiger charge is -2.30. The van der Waals surface area contributed by atoms with E-state index in [1.54, 1.807) is 0 Å². The summed E-state index contributed by atoms with van der Waals surface area (Å²) in [7, 11) is 0. The Morgan fingerprint density at radius 2 is 1.76 bits per heavy atom. The summed E-state index contributed by atoms with van der Waals surface area (Å²) in [5, 5.41) is 3.19. The molecule has 0 saturated carbocycles. The Hall–Kier alpha value is -0.740. The molecule has 1 fully saturated rings. The summed E-state index contributed by atoms with van der Waals surface area (Å²) in [6.45, 7) is 3.55. The van der Waals surface area contributed by atoms with Gasteiger partial charge in [-0.05, 0) is 43.0 Å². The van der Waals surface area contributed by atoms with E-state index in [-0.39, 0.29) is 24.2 Å². The van der Waals surface area contributed by atoms with Crippen LogP contribution in [0.25, 0.3) is 0 Å². The molecule has 1 heterocycles. The van der Waals surface area contributed by atoms with Gasteiger partial charge in [-0.25, -0.2) is 13.2 Å². The van der Waals surface area contributed by atoms with Crippen molar-refractivity contribution < 1.29 is 13.2 Å². The Morgan fingerprint density at radius 3 is 2.41 bits per heavy atom. The van der Waals surface area contributed by atoms with Crippen LogP contribution >= 0.6 is 12.4 Å². The zero-order valence-electron chi connectivity index (χ0n) is 9.47. The fourth-order valence-corrected chi connectivity index (χ4v) is 2.30. The second-order valence-electron chi connectivity index (χ2n) is 4.36. The molecule has 1 aromatic rings. The number of halogens is 4. The Balaban J connectivity index is 0.00000144. The molecule has 0 unspecified atom stereocenters. The minimum atomic E-state index is -1.12. The second kappa shape index (κ2) is 5.74. The van der Waals surface area contributed by atoms with E-state index in [0.717, 1.165) is 25.6 Å². The van der Waals surface area contributed by atoms with Crippen LogP contribution in [0, 0.1) is 23.4 Å². The first kappa shape index (κ1) is 14.3. The summed E-state index contributed by atoms with van der Waals surface area (Å²) in [6, 6.07) is 1.64. The van der Waals surface area contributed by atoms with Crippen molar-refractivity contribution in [1.29, 1.82) is 0 Å². The molecule has 1 N–H and O–H groups in total. The molecule has 0 amide bonds. The van der Waals surface area contributed by atoms with Gasteiger partial charge in [0.1, 0.15) is 5.82 Å². The van der Waals surface area contributed by atoms with Gasteiger partial charge in [0.25, 0.3) is 0 Å². The molecule has 2 rings (SSSR count). The van der Waals surface area contributed by atoms with Crippen molar-refractivity contribution in [3.63, 3.8) is 0 Å². The molecule has 96 valence electrons. The highest BCUT2D eigenvalue weighted by Gasteiger charge is 2.26. The number of hydrogen-bond donors (Lipinski definition) is 1. The van der Waals surface area contributed by atoms with E-state index in [0.29, 0.717) is 11.6 Å². The van der Waals surface area contributed by atoms with Gasteiger partial charge in [-0.15, -0.1) is 12.4 Å². The van der Waals surface area contributed by atoms with Gasteiger partial charge in [-0.2, -0.15) is 0 Å². The standard InChI is InChI=1S/C12H14F3N.ClH/c1-7-6-16-3-2-8(7)9-4-11(14)12(15)5-10(9)13;/h4-5,7-8,16H,2-3,6H2,1H3;1H/t7-,8+;/m1./s1. The molecule has 0 aromatic heterocycles. The van der Waals surface area contributed by atoms with Gasteiger partial charge in [0.15, 0.2) is 11.6 Å². The maximum absolute atomic E-state index is 13.6. The van der Waals surface area contributed by atoms with Gasteiger partial charge < -0.3 is 5.32 Å². The van der Waals surface area contributed by atoms with Crippen LogP contribution in [0.4, 0.5) is 13.2 Å². The second-order valence-corrected chi connectivity index (χ2v) is 4.36. The molecule has 5 heteroatoms. The summed E-state index contributed by atoms with van der Waals surface area (Å²) in [5.41, 5.74) is 0.299. The highest BCUT2D eigenvalue weighted by atomic mass is 35.5. The lowest BCUT2D eigenvalue weighted by atomic mass is 9.82. The number of nitrogens with one attached hydrogen (secondary N) is 1. The van der Waals surface area contributed by atoms with E-state index in [2.05, 4.69) is 5.32 Å². The maximum Gasteiger partial charge on any atom is 0.161 e. The van der Waals surface area contributed by atoms with Gasteiger partial charge in [-0.3, -0.25) is 0 Å². The average molecular weight is 266 g/mol. The van der Waals surface area contributed by atoms with Gasteiger partial charge in [0.2, 0.25) is 0 Å². The zero-order valence-corrected chi connectivity index (χ0v) is 10.3. The monoisotopic (exact) mass is 265 g/mol. The summed E-state index contributed by atoms with van der Waals surface area (Å²) in [5.74, 6) is -2.54. The van der Waals surface area contributed by atoms with Crippen LogP contribution in [0.2, 0.25) is 0 Å². The minimum Gasteiger partial charge on any atom is -0.316 e. The highest BCUT2D eigenvalue weighted by Crippen LogP contribution is 2.32. The summed E-state index contributed by atoms with van der Waals surface area (Å²) in [4.78, 5) is 0. The lowest BCUT2D eigenvalue weighted by molar-refractivity contribution is 0.339. The number of piperidine rings is 1. The van der Waals surface area contributed by atoms with Crippen molar-refractivity contribution in [2.45, 2.75) is 19.3 Å². The normalized spacial score (nSPS) is 24.2. The molecule has 1 nitrogen and oxygen atoms in total. The molecule has 0 aliphatic carbocycles. The van der Waals surface area contributed by atoms with Gasteiger partial charge in [0.05, 0.1) is 0 Å². The third kappa shape index (κ3) is 2.93. The van der Waals surface area contributed by atoms with Crippen LogP contribution in [0.1, 0.15) is 24.8 Å². The van der Waals surface area contributed by atoms with Crippen LogP contribution in [0.15, 0.2) is 12.1 Å². The maximum atomic E-state index is 13.6. The fraction of sp³-hybridized carbons (Fsp3) is 0.500. The molecule has 0 bridgehead atoms. The molecule has 0 spiro atoms. The van der Waals surface area contributed by atoms with Crippen molar-refractivity contribution in [2.24, 2.45) is 5.92 Å². The largest absolute Gasteiger partial charge is 0.316 e. The number of benzene rings is 1. The van der Waals surface area contributed by atoms with Crippen molar-refractivity contribution in [3.8, 4) is 0 Å². The third-order valence-electron chi connectivity index (χ3n) is 3.22. The average Bonchev–Trinajstić information content (AvgIpc) is 2.25. The molecule has 17 heavy (non-hydrogen) atoms. The predicted molar refractivity (Wildman–Crippen MR) is 63.0 cm³/mol. The van der Waals surface area contributed by atoms with E-state index in [1.165, 1.54) is 0 Å². The first-order valence-corrected chi connectivity index (χ1v) is 5.44. The molecular weight excluding hydrogens is 251 g/mol. The first-order chi connectivity index (χ1) is 7.59. The van der Waals surface area contributed by atoms with E-state index >= 15 is 0 Å². The lowest BCUT2D eigenvalue weighted by Crippen LogP contribution is -2.34. The van der Waals surface area contributed by atoms with E-state index in [4.69, 9.17) is 0 Å². The molecule has 1 aromatic carbocycles. The third-order valence-corrected chi connectivity index (χ3v) is 3.22. The molecule has 1 saturated heterocycles. The van der Waals surface area contributed by atoms with Crippen LogP contribution in [-0.2, 0) is 0 Å². The minimum absolute atomic E-state index is 0. The number of rotatable bonds is 1. The molecule has 2 atom stereocenters. The van der Waals surface area contributed by atoms with Gasteiger partial charge in [0, 0.05) is 6.07 Å². The Kier molecular flexibility index (Phi) is 4.83. The molecule has 1 aliphatic heterocycles. The Labute approximate surface area is 105 Å². The van der Waals surface area contributed by atoms with Crippen LogP contribution < -0.4 is 5.32 Å². The van der Waals surface area contributed by atoms with Crippen LogP contribution in [-0.4, -0.2) is 13.1 Å². The predicted octanol–water partition coefficient (Wildman–Crippen LogP) is 3.24.